The number of nitrogens with zero attached hydrogens (tertiary/aromatic N) is 5. The topological polar surface area (TPSA) is 45.2 Å². The van der Waals surface area contributed by atoms with Crippen LogP contribution in [-0.4, -0.2) is 46.0 Å². The summed E-state index contributed by atoms with van der Waals surface area (Å²) in [5, 5.41) is 0.689. The van der Waals surface area contributed by atoms with Crippen molar-refractivity contribution < 1.29 is 0 Å². The first-order chi connectivity index (χ1) is 11.3. The third kappa shape index (κ3) is 3.62. The van der Waals surface area contributed by atoms with Gasteiger partial charge in [-0.05, 0) is 31.0 Å². The van der Waals surface area contributed by atoms with Crippen molar-refractivity contribution in [2.45, 2.75) is 25.3 Å². The maximum Gasteiger partial charge on any atom is 0.133 e. The molecule has 1 aliphatic carbocycles. The highest BCUT2D eigenvalue weighted by molar-refractivity contribution is 6.30. The second-order valence-electron chi connectivity index (χ2n) is 6.28. The third-order valence-corrected chi connectivity index (χ3v) is 4.70. The molecule has 6 heteroatoms. The van der Waals surface area contributed by atoms with Crippen LogP contribution in [0.3, 0.4) is 0 Å². The Balaban J connectivity index is 1.35. The molecule has 2 fully saturated rings. The maximum absolute atomic E-state index is 5.89. The summed E-state index contributed by atoms with van der Waals surface area (Å²) in [4.78, 5) is 18.3. The average molecular weight is 330 g/mol. The number of rotatable bonds is 4. The standard InChI is InChI=1S/C17H20ClN5/c18-14-3-4-15(20-11-14)12-22-7-9-23(10-8-22)16-5-6-19-17(21-16)13-1-2-13/h3-6,11,13H,1-2,7-10,12H2. The summed E-state index contributed by atoms with van der Waals surface area (Å²) in [6.07, 6.45) is 6.10. The van der Waals surface area contributed by atoms with Crippen LogP contribution < -0.4 is 4.90 Å². The normalized spacial score (nSPS) is 19.1. The Labute approximate surface area is 141 Å². The molecule has 2 aliphatic rings. The number of aromatic nitrogens is 3. The smallest absolute Gasteiger partial charge is 0.133 e. The molecule has 0 spiro atoms. The van der Waals surface area contributed by atoms with Crippen molar-refractivity contribution in [3.05, 3.63) is 47.1 Å². The molecule has 1 saturated carbocycles. The second-order valence-corrected chi connectivity index (χ2v) is 6.71. The van der Waals surface area contributed by atoms with Crippen LogP contribution in [0.5, 0.6) is 0 Å². The number of hydrogen-bond acceptors (Lipinski definition) is 5. The van der Waals surface area contributed by atoms with Crippen LogP contribution in [0.2, 0.25) is 5.02 Å². The van der Waals surface area contributed by atoms with Crippen LogP contribution in [0.4, 0.5) is 5.82 Å². The Morgan fingerprint density at radius 1 is 1.04 bits per heavy atom. The van der Waals surface area contributed by atoms with E-state index in [1.807, 2.05) is 24.4 Å². The molecule has 2 aromatic heterocycles. The molecule has 1 saturated heterocycles. The fourth-order valence-corrected chi connectivity index (χ4v) is 3.05. The monoisotopic (exact) mass is 329 g/mol. The minimum Gasteiger partial charge on any atom is -0.354 e. The molecule has 3 heterocycles. The van der Waals surface area contributed by atoms with Gasteiger partial charge in [0.25, 0.3) is 0 Å². The number of halogens is 1. The maximum atomic E-state index is 5.89. The van der Waals surface area contributed by atoms with Crippen molar-refractivity contribution >= 4 is 17.4 Å². The lowest BCUT2D eigenvalue weighted by atomic mass is 10.2. The predicted molar refractivity (Wildman–Crippen MR) is 90.7 cm³/mol. The van der Waals surface area contributed by atoms with E-state index >= 15 is 0 Å². The molecule has 0 unspecified atom stereocenters. The zero-order chi connectivity index (χ0) is 15.6. The number of pyridine rings is 1. The third-order valence-electron chi connectivity index (χ3n) is 4.47. The lowest BCUT2D eigenvalue weighted by molar-refractivity contribution is 0.246. The molecule has 0 N–H and O–H groups in total. The van der Waals surface area contributed by atoms with Crippen molar-refractivity contribution in [1.82, 2.24) is 19.9 Å². The summed E-state index contributed by atoms with van der Waals surface area (Å²) >= 11 is 5.89. The van der Waals surface area contributed by atoms with E-state index in [0.717, 1.165) is 50.1 Å². The second kappa shape index (κ2) is 6.42. The van der Waals surface area contributed by atoms with Gasteiger partial charge in [0.1, 0.15) is 11.6 Å². The summed E-state index contributed by atoms with van der Waals surface area (Å²) in [6, 6.07) is 5.93. The molecule has 2 aromatic rings. The van der Waals surface area contributed by atoms with Gasteiger partial charge in [-0.25, -0.2) is 9.97 Å². The van der Waals surface area contributed by atoms with Crippen molar-refractivity contribution in [3.8, 4) is 0 Å². The predicted octanol–water partition coefficient (Wildman–Crippen LogP) is 2.72. The highest BCUT2D eigenvalue weighted by Crippen LogP contribution is 2.38. The fraction of sp³-hybridized carbons (Fsp3) is 0.471. The first-order valence-electron chi connectivity index (χ1n) is 8.18. The Morgan fingerprint density at radius 2 is 1.87 bits per heavy atom. The largest absolute Gasteiger partial charge is 0.354 e. The summed E-state index contributed by atoms with van der Waals surface area (Å²) in [5.74, 6) is 2.70. The fourth-order valence-electron chi connectivity index (χ4n) is 2.94. The molecule has 0 amide bonds. The lowest BCUT2D eigenvalue weighted by Gasteiger charge is -2.35. The van der Waals surface area contributed by atoms with E-state index in [9.17, 15) is 0 Å². The lowest BCUT2D eigenvalue weighted by Crippen LogP contribution is -2.46. The average Bonchev–Trinajstić information content (AvgIpc) is 3.43. The van der Waals surface area contributed by atoms with Gasteiger partial charge in [0.05, 0.1) is 10.7 Å². The van der Waals surface area contributed by atoms with E-state index in [1.165, 1.54) is 12.8 Å². The van der Waals surface area contributed by atoms with Crippen molar-refractivity contribution in [2.24, 2.45) is 0 Å². The van der Waals surface area contributed by atoms with Crippen LogP contribution >= 0.6 is 11.6 Å². The van der Waals surface area contributed by atoms with Crippen LogP contribution in [0.15, 0.2) is 30.6 Å². The molecular weight excluding hydrogens is 310 g/mol. The molecule has 4 rings (SSSR count). The van der Waals surface area contributed by atoms with E-state index in [0.29, 0.717) is 10.9 Å². The van der Waals surface area contributed by atoms with Gasteiger partial charge >= 0.3 is 0 Å². The van der Waals surface area contributed by atoms with Gasteiger partial charge in [-0.3, -0.25) is 9.88 Å². The van der Waals surface area contributed by atoms with Gasteiger partial charge in [0, 0.05) is 51.0 Å². The van der Waals surface area contributed by atoms with Crippen molar-refractivity contribution in [1.29, 1.82) is 0 Å². The molecule has 5 nitrogen and oxygen atoms in total. The van der Waals surface area contributed by atoms with E-state index in [2.05, 4.69) is 19.8 Å². The zero-order valence-corrected chi connectivity index (χ0v) is 13.8. The van der Waals surface area contributed by atoms with Gasteiger partial charge in [-0.15, -0.1) is 0 Å². The highest BCUT2D eigenvalue weighted by Gasteiger charge is 2.27. The van der Waals surface area contributed by atoms with Crippen LogP contribution in [0, 0.1) is 0 Å². The van der Waals surface area contributed by atoms with Gasteiger partial charge < -0.3 is 4.90 Å². The van der Waals surface area contributed by atoms with E-state index in [1.54, 1.807) is 6.20 Å². The van der Waals surface area contributed by atoms with Gasteiger partial charge in [0.2, 0.25) is 0 Å². The summed E-state index contributed by atoms with van der Waals surface area (Å²) < 4.78 is 0. The Hall–Kier alpha value is -1.72. The molecule has 23 heavy (non-hydrogen) atoms. The van der Waals surface area contributed by atoms with E-state index in [4.69, 9.17) is 16.6 Å². The Bertz CT molecular complexity index is 663. The van der Waals surface area contributed by atoms with E-state index in [-0.39, 0.29) is 0 Å². The zero-order valence-electron chi connectivity index (χ0n) is 13.0. The van der Waals surface area contributed by atoms with Gasteiger partial charge in [-0.1, -0.05) is 11.6 Å². The first-order valence-corrected chi connectivity index (χ1v) is 8.56. The summed E-state index contributed by atoms with van der Waals surface area (Å²) in [6.45, 7) is 4.91. The van der Waals surface area contributed by atoms with E-state index < -0.39 is 0 Å². The SMILES string of the molecule is Clc1ccc(CN2CCN(c3ccnc(C4CC4)n3)CC2)nc1. The molecule has 120 valence electrons. The number of anilines is 1. The van der Waals surface area contributed by atoms with Crippen LogP contribution in [0.25, 0.3) is 0 Å². The van der Waals surface area contributed by atoms with Gasteiger partial charge in [0.15, 0.2) is 0 Å². The molecule has 0 atom stereocenters. The Kier molecular flexibility index (Phi) is 4.14. The molecule has 1 aliphatic heterocycles. The molecular formula is C17H20ClN5. The van der Waals surface area contributed by atoms with Crippen LogP contribution in [0.1, 0.15) is 30.3 Å². The minimum absolute atomic E-state index is 0.604. The Morgan fingerprint density at radius 3 is 2.57 bits per heavy atom. The van der Waals surface area contributed by atoms with Gasteiger partial charge in [-0.2, -0.15) is 0 Å². The highest BCUT2D eigenvalue weighted by atomic mass is 35.5. The van der Waals surface area contributed by atoms with Crippen molar-refractivity contribution in [3.63, 3.8) is 0 Å². The molecule has 0 bridgehead atoms. The summed E-state index contributed by atoms with van der Waals surface area (Å²) in [7, 11) is 0. The number of hydrogen-bond donors (Lipinski definition) is 0. The summed E-state index contributed by atoms with van der Waals surface area (Å²) in [5.41, 5.74) is 1.07. The number of piperazine rings is 1. The first kappa shape index (κ1) is 14.8. The minimum atomic E-state index is 0.604. The molecule has 0 aromatic carbocycles. The quantitative estimate of drug-likeness (QED) is 0.863. The molecule has 0 radical (unpaired) electrons. The van der Waals surface area contributed by atoms with Crippen molar-refractivity contribution in [2.75, 3.05) is 31.1 Å². The van der Waals surface area contributed by atoms with Crippen LogP contribution in [-0.2, 0) is 6.54 Å².